The third-order valence-electron chi connectivity index (χ3n) is 2.73. The van der Waals surface area contributed by atoms with Crippen molar-refractivity contribution in [2.75, 3.05) is 30.9 Å². The molecule has 0 radical (unpaired) electrons. The van der Waals surface area contributed by atoms with E-state index < -0.39 is 0 Å². The van der Waals surface area contributed by atoms with Crippen molar-refractivity contribution < 1.29 is 0 Å². The molecule has 5 heteroatoms. The van der Waals surface area contributed by atoms with Crippen molar-refractivity contribution in [1.82, 2.24) is 9.97 Å². The smallest absolute Gasteiger partial charge is 0.226 e. The maximum absolute atomic E-state index is 8.93. The number of nitriles is 1. The van der Waals surface area contributed by atoms with Gasteiger partial charge in [0.15, 0.2) is 0 Å². The largest absolute Gasteiger partial charge is 0.347 e. The van der Waals surface area contributed by atoms with E-state index in [4.69, 9.17) is 5.26 Å². The Morgan fingerprint density at radius 3 is 2.63 bits per heavy atom. The van der Waals surface area contributed by atoms with Gasteiger partial charge in [0.2, 0.25) is 5.95 Å². The summed E-state index contributed by atoms with van der Waals surface area (Å²) < 4.78 is 0. The Morgan fingerprint density at radius 2 is 1.95 bits per heavy atom. The second kappa shape index (κ2) is 5.36. The second-order valence-corrected chi connectivity index (χ2v) is 4.33. The standard InChI is InChI=1S/C14H15N5/c1-18(2)14-16-8-7-13(17-14)19(3)12-6-4-5-11(9-12)10-15/h4-9H,1-3H3. The molecule has 0 unspecified atom stereocenters. The average Bonchev–Trinajstić information content (AvgIpc) is 2.46. The van der Waals surface area contributed by atoms with Crippen LogP contribution in [-0.2, 0) is 0 Å². The summed E-state index contributed by atoms with van der Waals surface area (Å²) in [7, 11) is 5.71. The van der Waals surface area contributed by atoms with Crippen molar-refractivity contribution >= 4 is 17.5 Å². The third kappa shape index (κ3) is 2.80. The first-order chi connectivity index (χ1) is 9.11. The lowest BCUT2D eigenvalue weighted by atomic mass is 10.2. The van der Waals surface area contributed by atoms with Gasteiger partial charge in [0.1, 0.15) is 5.82 Å². The molecule has 0 aliphatic rings. The van der Waals surface area contributed by atoms with Gasteiger partial charge in [-0.25, -0.2) is 4.98 Å². The topological polar surface area (TPSA) is 56.1 Å². The van der Waals surface area contributed by atoms with Gasteiger partial charge in [0.05, 0.1) is 11.6 Å². The van der Waals surface area contributed by atoms with Gasteiger partial charge in [-0.15, -0.1) is 0 Å². The van der Waals surface area contributed by atoms with Gasteiger partial charge >= 0.3 is 0 Å². The van der Waals surface area contributed by atoms with Crippen molar-refractivity contribution in [3.8, 4) is 6.07 Å². The van der Waals surface area contributed by atoms with Crippen LogP contribution in [-0.4, -0.2) is 31.1 Å². The highest BCUT2D eigenvalue weighted by Gasteiger charge is 2.08. The van der Waals surface area contributed by atoms with Gasteiger partial charge in [0.25, 0.3) is 0 Å². The van der Waals surface area contributed by atoms with Crippen molar-refractivity contribution in [3.63, 3.8) is 0 Å². The van der Waals surface area contributed by atoms with E-state index in [1.807, 2.05) is 55.2 Å². The fourth-order valence-electron chi connectivity index (χ4n) is 1.66. The fourth-order valence-corrected chi connectivity index (χ4v) is 1.66. The molecule has 1 aromatic carbocycles. The number of hydrogen-bond donors (Lipinski definition) is 0. The number of benzene rings is 1. The average molecular weight is 253 g/mol. The van der Waals surface area contributed by atoms with E-state index in [0.717, 1.165) is 11.5 Å². The Labute approximate surface area is 112 Å². The summed E-state index contributed by atoms with van der Waals surface area (Å²) >= 11 is 0. The summed E-state index contributed by atoms with van der Waals surface area (Å²) in [6.07, 6.45) is 1.72. The van der Waals surface area contributed by atoms with Gasteiger partial charge in [-0.05, 0) is 24.3 Å². The molecule has 2 aromatic rings. The molecule has 0 spiro atoms. The van der Waals surface area contributed by atoms with Gasteiger partial charge in [0, 0.05) is 33.0 Å². The van der Waals surface area contributed by atoms with Crippen LogP contribution in [0.1, 0.15) is 5.56 Å². The van der Waals surface area contributed by atoms with E-state index >= 15 is 0 Å². The molecule has 0 saturated heterocycles. The molecule has 0 N–H and O–H groups in total. The van der Waals surface area contributed by atoms with Gasteiger partial charge in [-0.2, -0.15) is 10.2 Å². The van der Waals surface area contributed by atoms with Crippen LogP contribution >= 0.6 is 0 Å². The molecule has 0 aliphatic heterocycles. The van der Waals surface area contributed by atoms with Crippen molar-refractivity contribution in [3.05, 3.63) is 42.1 Å². The Hall–Kier alpha value is -2.61. The van der Waals surface area contributed by atoms with Crippen LogP contribution in [0.4, 0.5) is 17.5 Å². The minimum Gasteiger partial charge on any atom is -0.347 e. The lowest BCUT2D eigenvalue weighted by Gasteiger charge is -2.20. The molecule has 0 atom stereocenters. The highest BCUT2D eigenvalue weighted by atomic mass is 15.3. The monoisotopic (exact) mass is 253 g/mol. The van der Waals surface area contributed by atoms with E-state index in [1.54, 1.807) is 12.3 Å². The Bertz CT molecular complexity index is 615. The molecule has 0 aliphatic carbocycles. The predicted octanol–water partition coefficient (Wildman–Crippen LogP) is 2.18. The van der Waals surface area contributed by atoms with Crippen LogP contribution in [0.15, 0.2) is 36.5 Å². The van der Waals surface area contributed by atoms with Crippen LogP contribution in [0, 0.1) is 11.3 Å². The highest BCUT2D eigenvalue weighted by molar-refractivity contribution is 5.61. The fraction of sp³-hybridized carbons (Fsp3) is 0.214. The minimum absolute atomic E-state index is 0.631. The molecule has 19 heavy (non-hydrogen) atoms. The van der Waals surface area contributed by atoms with Crippen molar-refractivity contribution in [1.29, 1.82) is 5.26 Å². The quantitative estimate of drug-likeness (QED) is 0.839. The number of hydrogen-bond acceptors (Lipinski definition) is 5. The predicted molar refractivity (Wildman–Crippen MR) is 75.6 cm³/mol. The molecular weight excluding hydrogens is 238 g/mol. The zero-order valence-electron chi connectivity index (χ0n) is 11.2. The van der Waals surface area contributed by atoms with Crippen molar-refractivity contribution in [2.45, 2.75) is 0 Å². The first-order valence-electron chi connectivity index (χ1n) is 5.86. The summed E-state index contributed by atoms with van der Waals surface area (Å²) in [5, 5.41) is 8.93. The number of anilines is 3. The molecule has 1 heterocycles. The molecule has 1 aromatic heterocycles. The number of aromatic nitrogens is 2. The molecule has 96 valence electrons. The van der Waals surface area contributed by atoms with Crippen LogP contribution in [0.5, 0.6) is 0 Å². The van der Waals surface area contributed by atoms with E-state index in [9.17, 15) is 0 Å². The van der Waals surface area contributed by atoms with E-state index in [2.05, 4.69) is 16.0 Å². The number of nitrogens with zero attached hydrogens (tertiary/aromatic N) is 5. The molecular formula is C14H15N5. The first-order valence-corrected chi connectivity index (χ1v) is 5.86. The lowest BCUT2D eigenvalue weighted by molar-refractivity contribution is 0.981. The van der Waals surface area contributed by atoms with Gasteiger partial charge in [-0.3, -0.25) is 0 Å². The summed E-state index contributed by atoms with van der Waals surface area (Å²) in [5.74, 6) is 1.44. The van der Waals surface area contributed by atoms with Gasteiger partial charge in [-0.1, -0.05) is 6.07 Å². The summed E-state index contributed by atoms with van der Waals surface area (Å²) in [4.78, 5) is 12.4. The normalized spacial score (nSPS) is 9.79. The molecule has 0 fully saturated rings. The van der Waals surface area contributed by atoms with Crippen LogP contribution in [0.3, 0.4) is 0 Å². The second-order valence-electron chi connectivity index (χ2n) is 4.33. The third-order valence-corrected chi connectivity index (χ3v) is 2.73. The minimum atomic E-state index is 0.631. The maximum Gasteiger partial charge on any atom is 0.226 e. The van der Waals surface area contributed by atoms with Crippen LogP contribution in [0.2, 0.25) is 0 Å². The van der Waals surface area contributed by atoms with Crippen LogP contribution in [0.25, 0.3) is 0 Å². The molecule has 2 rings (SSSR count). The number of rotatable bonds is 3. The first kappa shape index (κ1) is 12.8. The molecule has 0 saturated carbocycles. The summed E-state index contributed by atoms with van der Waals surface area (Å²) in [5.41, 5.74) is 1.55. The zero-order valence-corrected chi connectivity index (χ0v) is 11.2. The van der Waals surface area contributed by atoms with Gasteiger partial charge < -0.3 is 9.80 Å². The van der Waals surface area contributed by atoms with E-state index in [1.165, 1.54) is 0 Å². The van der Waals surface area contributed by atoms with Crippen molar-refractivity contribution in [2.24, 2.45) is 0 Å². The Kier molecular flexibility index (Phi) is 3.62. The van der Waals surface area contributed by atoms with Crippen LogP contribution < -0.4 is 9.80 Å². The SMILES string of the molecule is CN(C)c1nccc(N(C)c2cccc(C#N)c2)n1. The Balaban J connectivity index is 2.35. The molecule has 0 bridgehead atoms. The molecule has 0 amide bonds. The lowest BCUT2D eigenvalue weighted by Crippen LogP contribution is -2.16. The summed E-state index contributed by atoms with van der Waals surface area (Å²) in [6.45, 7) is 0. The van der Waals surface area contributed by atoms with E-state index in [-0.39, 0.29) is 0 Å². The molecule has 5 nitrogen and oxygen atoms in total. The van der Waals surface area contributed by atoms with E-state index in [0.29, 0.717) is 11.5 Å². The summed E-state index contributed by atoms with van der Waals surface area (Å²) in [6, 6.07) is 11.4. The Morgan fingerprint density at radius 1 is 1.16 bits per heavy atom. The maximum atomic E-state index is 8.93. The zero-order chi connectivity index (χ0) is 13.8. The highest BCUT2D eigenvalue weighted by Crippen LogP contribution is 2.23.